The van der Waals surface area contributed by atoms with E-state index in [1.807, 2.05) is 0 Å². The molecule has 0 fully saturated rings. The van der Waals surface area contributed by atoms with E-state index in [4.69, 9.17) is 17.3 Å². The minimum Gasteiger partial charge on any atom is -0.384 e. The van der Waals surface area contributed by atoms with E-state index in [-0.39, 0.29) is 22.6 Å². The first-order chi connectivity index (χ1) is 12.4. The molecule has 2 aromatic heterocycles. The molecule has 2 amide bonds. The molecule has 0 unspecified atom stereocenters. The van der Waals surface area contributed by atoms with Crippen molar-refractivity contribution in [2.45, 2.75) is 0 Å². The summed E-state index contributed by atoms with van der Waals surface area (Å²) in [7, 11) is 0. The fraction of sp³-hybridized carbons (Fsp3) is 0. The van der Waals surface area contributed by atoms with Crippen LogP contribution in [0.4, 0.5) is 10.2 Å². The quantitative estimate of drug-likeness (QED) is 0.657. The van der Waals surface area contributed by atoms with E-state index >= 15 is 0 Å². The highest BCUT2D eigenvalue weighted by Gasteiger charge is 2.32. The molecule has 130 valence electrons. The van der Waals surface area contributed by atoms with E-state index < -0.39 is 23.2 Å². The van der Waals surface area contributed by atoms with Crippen molar-refractivity contribution in [3.63, 3.8) is 0 Å². The van der Waals surface area contributed by atoms with Crippen LogP contribution in [0, 0.1) is 5.82 Å². The lowest BCUT2D eigenvalue weighted by atomic mass is 10.1. The number of hydrogen-bond acceptors (Lipinski definition) is 5. The van der Waals surface area contributed by atoms with Gasteiger partial charge in [-0.05, 0) is 12.1 Å². The number of fused-ring (bicyclic) bond motifs is 1. The molecular weight excluding hydrogens is 365 g/mol. The van der Waals surface area contributed by atoms with E-state index in [0.717, 1.165) is 16.7 Å². The lowest BCUT2D eigenvalue weighted by Gasteiger charge is -2.15. The molecule has 26 heavy (non-hydrogen) atoms. The van der Waals surface area contributed by atoms with Crippen molar-refractivity contribution in [2.24, 2.45) is 0 Å². The zero-order chi connectivity index (χ0) is 18.6. The second-order valence-electron chi connectivity index (χ2n) is 5.51. The number of imide groups is 1. The maximum atomic E-state index is 13.9. The average molecular weight is 374 g/mol. The number of rotatable bonds is 2. The zero-order valence-corrected chi connectivity index (χ0v) is 13.6. The van der Waals surface area contributed by atoms with E-state index in [1.54, 1.807) is 0 Å². The Morgan fingerprint density at radius 1 is 1.12 bits per heavy atom. The molecule has 0 spiro atoms. The van der Waals surface area contributed by atoms with Gasteiger partial charge >= 0.3 is 0 Å². The van der Waals surface area contributed by atoms with Gasteiger partial charge in [0.2, 0.25) is 0 Å². The van der Waals surface area contributed by atoms with Crippen molar-refractivity contribution >= 4 is 29.2 Å². The highest BCUT2D eigenvalue weighted by Crippen LogP contribution is 2.27. The number of nitrogens with two attached hydrogens (primary N) is 1. The third-order valence-electron chi connectivity index (χ3n) is 3.93. The number of carbonyl (C=O) groups is 2. The Kier molecular flexibility index (Phi) is 3.41. The van der Waals surface area contributed by atoms with Crippen LogP contribution in [0.3, 0.4) is 0 Å². The summed E-state index contributed by atoms with van der Waals surface area (Å²) in [5.74, 6) is -2.34. The molecule has 0 atom stereocenters. The number of anilines is 1. The summed E-state index contributed by atoms with van der Waals surface area (Å²) in [6.45, 7) is 0. The van der Waals surface area contributed by atoms with Gasteiger partial charge in [-0.3, -0.25) is 24.3 Å². The van der Waals surface area contributed by atoms with Crippen LogP contribution < -0.4 is 16.6 Å². The summed E-state index contributed by atoms with van der Waals surface area (Å²) in [6.07, 6.45) is 2.83. The van der Waals surface area contributed by atoms with Crippen LogP contribution in [0.1, 0.15) is 20.7 Å². The molecule has 0 saturated heterocycles. The van der Waals surface area contributed by atoms with Gasteiger partial charge in [0.1, 0.15) is 11.6 Å². The van der Waals surface area contributed by atoms with E-state index in [1.165, 1.54) is 29.2 Å². The molecule has 4 rings (SSSR count). The Labute approximate surface area is 149 Å². The van der Waals surface area contributed by atoms with Crippen LogP contribution in [0.2, 0.25) is 5.02 Å². The fourth-order valence-corrected chi connectivity index (χ4v) is 2.97. The number of nitrogens with zero attached hydrogens (tertiary/aromatic N) is 3. The second kappa shape index (κ2) is 5.53. The van der Waals surface area contributed by atoms with Crippen molar-refractivity contribution in [2.75, 3.05) is 5.73 Å². The predicted molar refractivity (Wildman–Crippen MR) is 90.3 cm³/mol. The number of nitrogen functional groups attached to an aromatic ring is 1. The van der Waals surface area contributed by atoms with Gasteiger partial charge < -0.3 is 5.73 Å². The molecule has 3 N–H and O–H groups in total. The zero-order valence-electron chi connectivity index (χ0n) is 12.9. The van der Waals surface area contributed by atoms with E-state index in [2.05, 4.69) is 10.4 Å². The summed E-state index contributed by atoms with van der Waals surface area (Å²) in [5.41, 5.74) is 5.39. The first-order valence-electron chi connectivity index (χ1n) is 7.28. The summed E-state index contributed by atoms with van der Waals surface area (Å²) in [6, 6.07) is 4.62. The molecule has 0 bridgehead atoms. The van der Waals surface area contributed by atoms with Crippen LogP contribution in [0.15, 0.2) is 41.5 Å². The van der Waals surface area contributed by atoms with E-state index in [9.17, 15) is 18.8 Å². The molecule has 3 aromatic rings. The molecule has 8 nitrogen and oxygen atoms in total. The van der Waals surface area contributed by atoms with Gasteiger partial charge in [0.25, 0.3) is 17.4 Å². The average Bonchev–Trinajstić information content (AvgIpc) is 3.11. The van der Waals surface area contributed by atoms with Crippen LogP contribution in [0.25, 0.3) is 11.4 Å². The Bertz CT molecular complexity index is 1170. The molecule has 1 aliphatic rings. The number of pyridine rings is 1. The van der Waals surface area contributed by atoms with Crippen LogP contribution in [-0.2, 0) is 0 Å². The summed E-state index contributed by atoms with van der Waals surface area (Å²) in [5, 5.41) is 6.44. The normalized spacial score (nSPS) is 13.0. The Morgan fingerprint density at radius 2 is 1.88 bits per heavy atom. The van der Waals surface area contributed by atoms with Crippen molar-refractivity contribution < 1.29 is 14.0 Å². The molecule has 0 radical (unpaired) electrons. The summed E-state index contributed by atoms with van der Waals surface area (Å²) < 4.78 is 16.2. The highest BCUT2D eigenvalue weighted by atomic mass is 35.5. The molecule has 0 aliphatic carbocycles. The molecule has 1 aromatic carbocycles. The van der Waals surface area contributed by atoms with Crippen LogP contribution in [-0.4, -0.2) is 26.2 Å². The third-order valence-corrected chi connectivity index (χ3v) is 4.12. The number of benzene rings is 1. The number of nitrogens with one attached hydrogen (secondary N) is 1. The largest absolute Gasteiger partial charge is 0.384 e. The SMILES string of the molecule is Nc1c2c(cc(=O)n1-c1cc(F)ccc1-n1cc(Cl)cn1)C(=O)NC2=O. The Hall–Kier alpha value is -3.46. The van der Waals surface area contributed by atoms with Crippen LogP contribution >= 0.6 is 11.6 Å². The van der Waals surface area contributed by atoms with Gasteiger partial charge in [-0.2, -0.15) is 5.10 Å². The van der Waals surface area contributed by atoms with Crippen molar-refractivity contribution in [3.05, 3.63) is 69.0 Å². The first kappa shape index (κ1) is 16.0. The third kappa shape index (κ3) is 2.29. The smallest absolute Gasteiger partial charge is 0.262 e. The monoisotopic (exact) mass is 373 g/mol. The fourth-order valence-electron chi connectivity index (χ4n) is 2.83. The van der Waals surface area contributed by atoms with Gasteiger partial charge in [0, 0.05) is 18.3 Å². The Morgan fingerprint density at radius 3 is 2.58 bits per heavy atom. The number of hydrogen-bond donors (Lipinski definition) is 2. The molecular formula is C16H9ClFN5O3. The highest BCUT2D eigenvalue weighted by molar-refractivity contribution is 6.30. The molecule has 10 heteroatoms. The number of carbonyl (C=O) groups excluding carboxylic acids is 2. The Balaban J connectivity index is 2.05. The number of aromatic nitrogens is 3. The predicted octanol–water partition coefficient (Wildman–Crippen LogP) is 1.28. The number of amides is 2. The molecule has 3 heterocycles. The van der Waals surface area contributed by atoms with Crippen molar-refractivity contribution in [1.82, 2.24) is 19.7 Å². The standard InChI is InChI=1S/C16H9ClFN5O3/c17-7-5-20-22(6-7)10-2-1-8(18)3-11(10)23-12(24)4-9-13(14(23)19)16(26)21-15(9)25/h1-6H,19H2,(H,21,25,26). The number of halogens is 2. The minimum atomic E-state index is -0.726. The van der Waals surface area contributed by atoms with Gasteiger partial charge in [0.05, 0.1) is 33.7 Å². The van der Waals surface area contributed by atoms with E-state index in [0.29, 0.717) is 10.7 Å². The first-order valence-corrected chi connectivity index (χ1v) is 7.66. The van der Waals surface area contributed by atoms with Crippen LogP contribution in [0.5, 0.6) is 0 Å². The van der Waals surface area contributed by atoms with Crippen molar-refractivity contribution in [3.8, 4) is 11.4 Å². The van der Waals surface area contributed by atoms with Gasteiger partial charge in [0.15, 0.2) is 0 Å². The summed E-state index contributed by atoms with van der Waals surface area (Å²) >= 11 is 5.87. The molecule has 0 saturated carbocycles. The van der Waals surface area contributed by atoms with Crippen molar-refractivity contribution in [1.29, 1.82) is 0 Å². The topological polar surface area (TPSA) is 112 Å². The minimum absolute atomic E-state index is 0.0437. The summed E-state index contributed by atoms with van der Waals surface area (Å²) in [4.78, 5) is 36.3. The van der Waals surface area contributed by atoms with Gasteiger partial charge in [-0.1, -0.05) is 11.6 Å². The lowest BCUT2D eigenvalue weighted by Crippen LogP contribution is -2.25. The maximum absolute atomic E-state index is 13.9. The molecule has 1 aliphatic heterocycles. The van der Waals surface area contributed by atoms with Gasteiger partial charge in [-0.15, -0.1) is 0 Å². The lowest BCUT2D eigenvalue weighted by molar-refractivity contribution is 0.0880. The maximum Gasteiger partial charge on any atom is 0.262 e. The second-order valence-corrected chi connectivity index (χ2v) is 5.95. The van der Waals surface area contributed by atoms with Gasteiger partial charge in [-0.25, -0.2) is 9.07 Å².